The summed E-state index contributed by atoms with van der Waals surface area (Å²) in [6, 6.07) is 32.7. The highest BCUT2D eigenvalue weighted by molar-refractivity contribution is 6.89. The van der Waals surface area contributed by atoms with Gasteiger partial charge in [0.25, 0.3) is 0 Å². The van der Waals surface area contributed by atoms with Crippen LogP contribution in [0.4, 0.5) is 0 Å². The molecular formula is C32H32Si2. The van der Waals surface area contributed by atoms with Crippen molar-refractivity contribution in [3.8, 4) is 0 Å². The van der Waals surface area contributed by atoms with Crippen molar-refractivity contribution in [1.29, 1.82) is 0 Å². The summed E-state index contributed by atoms with van der Waals surface area (Å²) in [5, 5.41) is 16.9. The summed E-state index contributed by atoms with van der Waals surface area (Å²) in [4.78, 5) is 0. The first-order chi connectivity index (χ1) is 16.1. The smallest absolute Gasteiger partial charge is 0.0656 e. The maximum absolute atomic E-state index is 2.52. The van der Waals surface area contributed by atoms with Gasteiger partial charge in [-0.2, -0.15) is 0 Å². The molecule has 0 atom stereocenters. The second kappa shape index (κ2) is 7.27. The molecule has 0 amide bonds. The molecule has 0 aliphatic heterocycles. The first-order valence-electron chi connectivity index (χ1n) is 12.4. The van der Waals surface area contributed by atoms with Gasteiger partial charge in [-0.25, -0.2) is 0 Å². The number of hydrogen-bond acceptors (Lipinski definition) is 0. The second-order valence-electron chi connectivity index (χ2n) is 11.9. The fraction of sp³-hybridized carbons (Fsp3) is 0.188. The SMILES string of the molecule is C[Si](C)(C)c1ccc2c3ccc([Si](C)(C)C)cc3c3c4ccccc4c4ccccc4c3c2c1. The largest absolute Gasteiger partial charge is 0.0776 e. The van der Waals surface area contributed by atoms with Gasteiger partial charge in [-0.1, -0.05) is 135 Å². The van der Waals surface area contributed by atoms with Crippen LogP contribution in [0.1, 0.15) is 0 Å². The minimum Gasteiger partial charge on any atom is -0.0656 e. The van der Waals surface area contributed by atoms with E-state index in [2.05, 4.69) is 124 Å². The molecule has 0 nitrogen and oxygen atoms in total. The third kappa shape index (κ3) is 3.16. The number of hydrogen-bond donors (Lipinski definition) is 0. The van der Waals surface area contributed by atoms with Gasteiger partial charge in [-0.15, -0.1) is 0 Å². The van der Waals surface area contributed by atoms with Crippen molar-refractivity contribution in [2.75, 3.05) is 0 Å². The fourth-order valence-electron chi connectivity index (χ4n) is 5.61. The summed E-state index contributed by atoms with van der Waals surface area (Å²) in [5.74, 6) is 0. The van der Waals surface area contributed by atoms with E-state index in [9.17, 15) is 0 Å². The van der Waals surface area contributed by atoms with E-state index in [1.165, 1.54) is 64.2 Å². The number of fused-ring (bicyclic) bond motifs is 11. The highest BCUT2D eigenvalue weighted by atomic mass is 28.3. The quantitative estimate of drug-likeness (QED) is 0.175. The van der Waals surface area contributed by atoms with Gasteiger partial charge in [0.1, 0.15) is 0 Å². The molecule has 0 heterocycles. The van der Waals surface area contributed by atoms with Crippen LogP contribution in [0.15, 0.2) is 84.9 Å². The Bertz CT molecular complexity index is 1630. The first kappa shape index (κ1) is 21.6. The van der Waals surface area contributed by atoms with E-state index in [4.69, 9.17) is 0 Å². The molecule has 6 aromatic carbocycles. The van der Waals surface area contributed by atoms with Gasteiger partial charge >= 0.3 is 0 Å². The summed E-state index contributed by atoms with van der Waals surface area (Å²) in [7, 11) is -2.91. The maximum Gasteiger partial charge on any atom is 0.0776 e. The van der Waals surface area contributed by atoms with Crippen molar-refractivity contribution >= 4 is 80.4 Å². The van der Waals surface area contributed by atoms with E-state index in [1.54, 1.807) is 0 Å². The molecule has 0 spiro atoms. The minimum atomic E-state index is -1.45. The van der Waals surface area contributed by atoms with Crippen molar-refractivity contribution in [1.82, 2.24) is 0 Å². The lowest BCUT2D eigenvalue weighted by molar-refractivity contribution is 1.72. The molecular weight excluding hydrogens is 441 g/mol. The van der Waals surface area contributed by atoms with E-state index in [0.717, 1.165) is 0 Å². The van der Waals surface area contributed by atoms with Crippen LogP contribution in [0.3, 0.4) is 0 Å². The average Bonchev–Trinajstić information content (AvgIpc) is 2.82. The van der Waals surface area contributed by atoms with Crippen molar-refractivity contribution in [3.63, 3.8) is 0 Å². The van der Waals surface area contributed by atoms with Gasteiger partial charge in [0.15, 0.2) is 0 Å². The van der Waals surface area contributed by atoms with Gasteiger partial charge in [-0.3, -0.25) is 0 Å². The first-order valence-corrected chi connectivity index (χ1v) is 19.4. The molecule has 0 unspecified atom stereocenters. The van der Waals surface area contributed by atoms with Crippen molar-refractivity contribution < 1.29 is 0 Å². The summed E-state index contributed by atoms with van der Waals surface area (Å²) >= 11 is 0. The summed E-state index contributed by atoms with van der Waals surface area (Å²) in [5.41, 5.74) is 0. The molecule has 0 radical (unpaired) electrons. The zero-order valence-electron chi connectivity index (χ0n) is 21.1. The number of benzene rings is 6. The van der Waals surface area contributed by atoms with Gasteiger partial charge in [0.2, 0.25) is 0 Å². The third-order valence-electron chi connectivity index (χ3n) is 7.53. The summed E-state index contributed by atoms with van der Waals surface area (Å²) in [6.07, 6.45) is 0. The molecule has 0 aliphatic carbocycles. The lowest BCUT2D eigenvalue weighted by atomic mass is 9.87. The number of rotatable bonds is 2. The Morgan fingerprint density at radius 1 is 0.353 bits per heavy atom. The van der Waals surface area contributed by atoms with Crippen LogP contribution < -0.4 is 10.4 Å². The van der Waals surface area contributed by atoms with E-state index < -0.39 is 16.1 Å². The Balaban J connectivity index is 1.99. The molecule has 0 aromatic heterocycles. The maximum atomic E-state index is 2.52. The fourth-order valence-corrected chi connectivity index (χ4v) is 7.93. The van der Waals surface area contributed by atoms with Crippen LogP contribution in [0.25, 0.3) is 53.9 Å². The Labute approximate surface area is 204 Å². The molecule has 0 saturated carbocycles. The Kier molecular flexibility index (Phi) is 4.62. The standard InChI is InChI=1S/C32H32Si2/c1-33(2,3)21-15-17-25-26-18-16-22(34(4,5)6)20-30(26)32-28-14-10-8-12-24(28)23-11-7-9-13-27(23)31(32)29(25)19-21/h7-20H,1-6H3. The van der Waals surface area contributed by atoms with Gasteiger partial charge in [0, 0.05) is 0 Å². The van der Waals surface area contributed by atoms with Crippen LogP contribution in [-0.2, 0) is 0 Å². The van der Waals surface area contributed by atoms with Crippen molar-refractivity contribution in [2.45, 2.75) is 39.3 Å². The second-order valence-corrected chi connectivity index (χ2v) is 22.0. The lowest BCUT2D eigenvalue weighted by Gasteiger charge is -2.22. The highest BCUT2D eigenvalue weighted by Crippen LogP contribution is 2.43. The predicted octanol–water partition coefficient (Wildman–Crippen LogP) is 8.54. The molecule has 2 heteroatoms. The van der Waals surface area contributed by atoms with Crippen LogP contribution in [0.2, 0.25) is 39.3 Å². The van der Waals surface area contributed by atoms with Crippen LogP contribution in [0.5, 0.6) is 0 Å². The zero-order valence-corrected chi connectivity index (χ0v) is 23.1. The Morgan fingerprint density at radius 2 is 0.676 bits per heavy atom. The molecule has 168 valence electrons. The molecule has 0 bridgehead atoms. The zero-order chi connectivity index (χ0) is 23.8. The third-order valence-corrected chi connectivity index (χ3v) is 11.6. The monoisotopic (exact) mass is 472 g/mol. The Morgan fingerprint density at radius 3 is 1.03 bits per heavy atom. The molecule has 34 heavy (non-hydrogen) atoms. The van der Waals surface area contributed by atoms with E-state index in [0.29, 0.717) is 0 Å². The topological polar surface area (TPSA) is 0 Å². The molecule has 6 aromatic rings. The van der Waals surface area contributed by atoms with E-state index in [-0.39, 0.29) is 0 Å². The van der Waals surface area contributed by atoms with Crippen LogP contribution in [0, 0.1) is 0 Å². The highest BCUT2D eigenvalue weighted by Gasteiger charge is 2.22. The molecule has 0 saturated heterocycles. The normalized spacial score (nSPS) is 13.0. The molecule has 0 aliphatic rings. The average molecular weight is 473 g/mol. The van der Waals surface area contributed by atoms with Crippen LogP contribution >= 0.6 is 0 Å². The minimum absolute atomic E-state index is 1.35. The van der Waals surface area contributed by atoms with Crippen molar-refractivity contribution in [2.24, 2.45) is 0 Å². The van der Waals surface area contributed by atoms with Crippen molar-refractivity contribution in [3.05, 3.63) is 84.9 Å². The van der Waals surface area contributed by atoms with Gasteiger partial charge in [-0.05, 0) is 53.9 Å². The van der Waals surface area contributed by atoms with E-state index in [1.807, 2.05) is 0 Å². The Hall–Kier alpha value is -2.95. The molecule has 6 rings (SSSR count). The van der Waals surface area contributed by atoms with Crippen LogP contribution in [-0.4, -0.2) is 16.1 Å². The lowest BCUT2D eigenvalue weighted by Crippen LogP contribution is -2.37. The molecule has 0 fully saturated rings. The summed E-state index contributed by atoms with van der Waals surface area (Å²) in [6.45, 7) is 14.7. The van der Waals surface area contributed by atoms with E-state index >= 15 is 0 Å². The van der Waals surface area contributed by atoms with Gasteiger partial charge < -0.3 is 0 Å². The predicted molar refractivity (Wildman–Crippen MR) is 160 cm³/mol. The molecule has 0 N–H and O–H groups in total. The van der Waals surface area contributed by atoms with Gasteiger partial charge in [0.05, 0.1) is 16.1 Å². The summed E-state index contributed by atoms with van der Waals surface area (Å²) < 4.78 is 0.